The van der Waals surface area contributed by atoms with Gasteiger partial charge in [-0.3, -0.25) is 14.4 Å². The number of nitrogens with zero attached hydrogens (tertiary/aromatic N) is 2. The highest BCUT2D eigenvalue weighted by Gasteiger charge is 2.45. The van der Waals surface area contributed by atoms with Gasteiger partial charge in [-0.05, 0) is 47.8 Å². The van der Waals surface area contributed by atoms with E-state index in [0.29, 0.717) is 5.75 Å². The molecular formula is C34H35BN4O6S. The van der Waals surface area contributed by atoms with Crippen molar-refractivity contribution >= 4 is 36.2 Å². The Hall–Kier alpha value is -4.64. The standard InChI is InChI=1S/C34H35BN4O6S/c1-20-29(46-19-37-20)22-14-12-21(13-15-22)17-36-32(42)26-16-24(40)18-39(26)33(43)30(34(2,3)4)38-31(41)25-10-7-11-27-28(25)45-35(44-27)23-8-5-6-9-23/h5,7-15,19,24,26,30,40H,16-18H2,1-4H3,(H,36,42)(H,38,41)/t24-,26+,30-/m1/s1. The quantitative estimate of drug-likeness (QED) is 0.251. The number of allylic oxidation sites excluding steroid dienone is 3. The van der Waals surface area contributed by atoms with Crippen LogP contribution in [0.25, 0.3) is 10.4 Å². The predicted molar refractivity (Wildman–Crippen MR) is 175 cm³/mol. The second kappa shape index (κ2) is 12.6. The molecule has 10 nitrogen and oxygen atoms in total. The fourth-order valence-corrected chi connectivity index (χ4v) is 6.58. The lowest BCUT2D eigenvalue weighted by atomic mass is 9.79. The molecule has 3 N–H and O–H groups in total. The van der Waals surface area contributed by atoms with Crippen LogP contribution in [0.5, 0.6) is 11.5 Å². The molecule has 1 aliphatic carbocycles. The second-order valence-corrected chi connectivity index (χ2v) is 13.5. The number of aliphatic hydroxyl groups excluding tert-OH is 1. The minimum atomic E-state index is -0.998. The van der Waals surface area contributed by atoms with E-state index in [1.165, 1.54) is 4.90 Å². The number of carbonyl (C=O) groups excluding carboxylic acids is 3. The Bertz CT molecular complexity index is 1770. The second-order valence-electron chi connectivity index (χ2n) is 12.7. The maximum atomic E-state index is 14.1. The number of carbonyl (C=O) groups is 3. The van der Waals surface area contributed by atoms with Crippen molar-refractivity contribution < 1.29 is 28.8 Å². The van der Waals surface area contributed by atoms with Crippen molar-refractivity contribution in [3.05, 3.63) is 94.2 Å². The van der Waals surface area contributed by atoms with E-state index in [4.69, 9.17) is 9.31 Å². The van der Waals surface area contributed by atoms with Crippen molar-refractivity contribution in [3.8, 4) is 21.9 Å². The van der Waals surface area contributed by atoms with E-state index < -0.39 is 42.5 Å². The van der Waals surface area contributed by atoms with Crippen LogP contribution in [0.1, 0.15) is 48.8 Å². The Morgan fingerprint density at radius 3 is 2.63 bits per heavy atom. The third kappa shape index (κ3) is 6.37. The average Bonchev–Trinajstić information content (AvgIpc) is 3.84. The minimum absolute atomic E-state index is 0.0156. The van der Waals surface area contributed by atoms with Crippen molar-refractivity contribution in [1.29, 1.82) is 0 Å². The molecule has 3 aromatic rings. The normalized spacial score (nSPS) is 18.9. The molecule has 1 aromatic heterocycles. The number of hydrogen-bond acceptors (Lipinski definition) is 8. The van der Waals surface area contributed by atoms with Crippen molar-refractivity contribution in [2.75, 3.05) is 6.54 Å². The summed E-state index contributed by atoms with van der Waals surface area (Å²) in [5.74, 6) is -0.619. The fourth-order valence-electron chi connectivity index (χ4n) is 5.76. The molecule has 0 radical (unpaired) electrons. The molecule has 3 atom stereocenters. The number of para-hydroxylation sites is 1. The first-order valence-electron chi connectivity index (χ1n) is 15.1. The van der Waals surface area contributed by atoms with Gasteiger partial charge in [-0.2, -0.15) is 0 Å². The Labute approximate surface area is 272 Å². The van der Waals surface area contributed by atoms with Gasteiger partial charge in [-0.15, -0.1) is 17.1 Å². The summed E-state index contributed by atoms with van der Waals surface area (Å²) in [5, 5.41) is 16.4. The molecule has 0 bridgehead atoms. The summed E-state index contributed by atoms with van der Waals surface area (Å²) in [6.07, 6.45) is 4.56. The van der Waals surface area contributed by atoms with Gasteiger partial charge in [0.05, 0.1) is 27.7 Å². The fraction of sp³-hybridized carbons (Fsp3) is 0.324. The van der Waals surface area contributed by atoms with Crippen LogP contribution < -0.4 is 19.9 Å². The molecule has 0 saturated carbocycles. The molecule has 2 aliphatic heterocycles. The zero-order valence-electron chi connectivity index (χ0n) is 26.1. The van der Waals surface area contributed by atoms with Gasteiger partial charge in [0.1, 0.15) is 17.8 Å². The van der Waals surface area contributed by atoms with Crippen LogP contribution in [0.2, 0.25) is 0 Å². The number of benzene rings is 2. The minimum Gasteiger partial charge on any atom is -0.519 e. The van der Waals surface area contributed by atoms with Gasteiger partial charge in [0.15, 0.2) is 5.75 Å². The highest BCUT2D eigenvalue weighted by molar-refractivity contribution is 7.13. The van der Waals surface area contributed by atoms with Crippen molar-refractivity contribution in [3.63, 3.8) is 0 Å². The van der Waals surface area contributed by atoms with Crippen LogP contribution >= 0.6 is 11.3 Å². The van der Waals surface area contributed by atoms with Gasteiger partial charge in [-0.1, -0.05) is 57.2 Å². The first kappa shape index (κ1) is 31.4. The van der Waals surface area contributed by atoms with Gasteiger partial charge >= 0.3 is 7.12 Å². The molecule has 1 saturated heterocycles. The van der Waals surface area contributed by atoms with Crippen molar-refractivity contribution in [1.82, 2.24) is 20.5 Å². The number of hydrogen-bond donors (Lipinski definition) is 3. The number of nitrogens with one attached hydrogen (secondary N) is 2. The third-order valence-electron chi connectivity index (χ3n) is 8.26. The Morgan fingerprint density at radius 1 is 1.17 bits per heavy atom. The van der Waals surface area contributed by atoms with E-state index in [1.807, 2.05) is 63.5 Å². The Kier molecular flexibility index (Phi) is 8.61. The van der Waals surface area contributed by atoms with Gasteiger partial charge < -0.3 is 29.9 Å². The Balaban J connectivity index is 1.14. The van der Waals surface area contributed by atoms with Gasteiger partial charge in [0.2, 0.25) is 11.8 Å². The molecule has 3 aliphatic rings. The molecule has 12 heteroatoms. The summed E-state index contributed by atoms with van der Waals surface area (Å²) >= 11 is 1.58. The van der Waals surface area contributed by atoms with Crippen LogP contribution in [0, 0.1) is 12.3 Å². The molecule has 3 amide bonds. The smallest absolute Gasteiger partial charge is 0.519 e. The lowest BCUT2D eigenvalue weighted by molar-refractivity contribution is -0.142. The summed E-state index contributed by atoms with van der Waals surface area (Å²) < 4.78 is 11.9. The number of fused-ring (bicyclic) bond motifs is 1. The number of rotatable bonds is 8. The molecule has 0 spiro atoms. The number of aromatic nitrogens is 1. The zero-order chi connectivity index (χ0) is 32.6. The largest absolute Gasteiger partial charge is 0.633 e. The van der Waals surface area contributed by atoms with Gasteiger partial charge in [-0.25, -0.2) is 4.98 Å². The number of thiazole rings is 1. The maximum absolute atomic E-state index is 14.1. The summed E-state index contributed by atoms with van der Waals surface area (Å²) in [6, 6.07) is 11.0. The van der Waals surface area contributed by atoms with E-state index in [2.05, 4.69) is 21.3 Å². The maximum Gasteiger partial charge on any atom is 0.633 e. The van der Waals surface area contributed by atoms with Crippen LogP contribution in [-0.2, 0) is 16.1 Å². The summed E-state index contributed by atoms with van der Waals surface area (Å²) in [6.45, 7) is 7.73. The van der Waals surface area contributed by atoms with Crippen LogP contribution in [0.3, 0.4) is 0 Å². The molecule has 2 aromatic carbocycles. The molecule has 236 valence electrons. The predicted octanol–water partition coefficient (Wildman–Crippen LogP) is 3.99. The molecule has 1 fully saturated rings. The SMILES string of the molecule is Cc1ncsc1-c1ccc(CNC(=O)[C@@H]2C[C@@H](O)CN2C(=O)[C@@H](NC(=O)c2cccc3c2OB(C2=CC=C=C2)O3)C(C)(C)C)cc1. The highest BCUT2D eigenvalue weighted by Crippen LogP contribution is 2.39. The molecule has 3 heterocycles. The molecule has 46 heavy (non-hydrogen) atoms. The first-order chi connectivity index (χ1) is 22.0. The number of aryl methyl sites for hydroxylation is 1. The van der Waals surface area contributed by atoms with Crippen LogP contribution in [0.15, 0.2) is 77.4 Å². The van der Waals surface area contributed by atoms with E-state index in [9.17, 15) is 19.5 Å². The van der Waals surface area contributed by atoms with E-state index in [1.54, 1.807) is 41.7 Å². The highest BCUT2D eigenvalue weighted by atomic mass is 32.1. The molecular weight excluding hydrogens is 603 g/mol. The van der Waals surface area contributed by atoms with E-state index in [0.717, 1.165) is 27.2 Å². The third-order valence-corrected chi connectivity index (χ3v) is 9.24. The number of aliphatic hydroxyl groups is 1. The van der Waals surface area contributed by atoms with Crippen LogP contribution in [-0.4, -0.2) is 64.6 Å². The number of amides is 3. The van der Waals surface area contributed by atoms with Gasteiger partial charge in [0, 0.05) is 25.0 Å². The summed E-state index contributed by atoms with van der Waals surface area (Å²) in [5.41, 5.74) is 7.98. The lowest BCUT2D eigenvalue weighted by Crippen LogP contribution is -2.57. The Morgan fingerprint density at radius 2 is 1.96 bits per heavy atom. The molecule has 0 unspecified atom stereocenters. The lowest BCUT2D eigenvalue weighted by Gasteiger charge is -2.35. The topological polar surface area (TPSA) is 130 Å². The van der Waals surface area contributed by atoms with Crippen LogP contribution in [0.4, 0.5) is 0 Å². The zero-order valence-corrected chi connectivity index (χ0v) is 26.9. The summed E-state index contributed by atoms with van der Waals surface area (Å²) in [4.78, 5) is 47.9. The molecule has 6 rings (SSSR count). The monoisotopic (exact) mass is 638 g/mol. The van der Waals surface area contributed by atoms with Crippen molar-refractivity contribution in [2.45, 2.75) is 58.8 Å². The summed E-state index contributed by atoms with van der Waals surface area (Å²) in [7, 11) is -0.707. The number of β-amino-alcohol motifs (C(OH)–C–C–N with tert-alkyl or cyclic N) is 1. The van der Waals surface area contributed by atoms with Gasteiger partial charge in [0.25, 0.3) is 5.91 Å². The average molecular weight is 639 g/mol. The first-order valence-corrected chi connectivity index (χ1v) is 16.0. The number of likely N-dealkylation sites (tertiary alicyclic amines) is 1. The van der Waals surface area contributed by atoms with E-state index in [-0.39, 0.29) is 36.7 Å². The van der Waals surface area contributed by atoms with E-state index >= 15 is 0 Å². The van der Waals surface area contributed by atoms with Crippen molar-refractivity contribution in [2.24, 2.45) is 5.41 Å².